The number of aliphatic hydroxyl groups is 2. The molecule has 1 unspecified atom stereocenters. The Morgan fingerprint density at radius 1 is 0.947 bits per heavy atom. The van der Waals surface area contributed by atoms with Crippen molar-refractivity contribution in [2.45, 2.75) is 185 Å². The van der Waals surface area contributed by atoms with Crippen LogP contribution in [0.2, 0.25) is 0 Å². The van der Waals surface area contributed by atoms with E-state index < -0.39 is 84.8 Å². The Bertz CT molecular complexity index is 2500. The highest BCUT2D eigenvalue weighted by Crippen LogP contribution is 2.43. The van der Waals surface area contributed by atoms with Crippen LogP contribution in [-0.2, 0) is 50.3 Å². The van der Waals surface area contributed by atoms with Gasteiger partial charge in [0.2, 0.25) is 35.4 Å². The number of imide groups is 1. The first-order chi connectivity index (χ1) is 35.8. The van der Waals surface area contributed by atoms with Crippen LogP contribution >= 0.6 is 22.6 Å². The summed E-state index contributed by atoms with van der Waals surface area (Å²) in [6, 6.07) is 5.40. The van der Waals surface area contributed by atoms with Gasteiger partial charge in [-0.05, 0) is 68.7 Å². The lowest BCUT2D eigenvalue weighted by molar-refractivity contribution is -0.172. The van der Waals surface area contributed by atoms with E-state index in [9.17, 15) is 43.8 Å². The van der Waals surface area contributed by atoms with E-state index in [0.29, 0.717) is 34.0 Å². The van der Waals surface area contributed by atoms with E-state index >= 15 is 0 Å². The van der Waals surface area contributed by atoms with Crippen molar-refractivity contribution in [1.82, 2.24) is 40.7 Å². The number of aromatic amines is 1. The molecule has 5 rings (SSSR count). The fraction of sp³-hybridized carbons (Fsp3) is 0.648. The number of rotatable bonds is 26. The Hall–Kier alpha value is -5.46. The molecule has 0 saturated carbocycles. The van der Waals surface area contributed by atoms with Crippen molar-refractivity contribution < 1.29 is 53.2 Å². The number of nitrogens with one attached hydrogen (secondary N) is 6. The highest BCUT2D eigenvalue weighted by molar-refractivity contribution is 14.1. The van der Waals surface area contributed by atoms with Crippen LogP contribution in [0.5, 0.6) is 0 Å². The molecule has 2 aromatic heterocycles. The third kappa shape index (κ3) is 16.1. The number of likely N-dealkylation sites (N-methyl/N-ethyl adjacent to an activating group) is 1. The number of carbonyl (C=O) groups excluding carboxylic acids is 7. The molecular formula is C54H81IN10O11. The Kier molecular flexibility index (Phi) is 22.0. The molecule has 7 amide bonds. The lowest BCUT2D eigenvalue weighted by Gasteiger charge is -2.42. The summed E-state index contributed by atoms with van der Waals surface area (Å²) < 4.78 is 11.2. The van der Waals surface area contributed by atoms with Crippen molar-refractivity contribution in [2.24, 2.45) is 17.8 Å². The Balaban J connectivity index is 1.04. The number of likely N-dealkylation sites (tertiary alicyclic amines) is 1. The van der Waals surface area contributed by atoms with Crippen LogP contribution in [0.3, 0.4) is 0 Å². The minimum atomic E-state index is -1.47. The van der Waals surface area contributed by atoms with Gasteiger partial charge in [0.05, 0.1) is 23.4 Å². The van der Waals surface area contributed by atoms with E-state index in [0.717, 1.165) is 55.5 Å². The van der Waals surface area contributed by atoms with E-state index in [-0.39, 0.29) is 52.6 Å². The van der Waals surface area contributed by atoms with Crippen LogP contribution in [0.15, 0.2) is 36.7 Å². The minimum absolute atomic E-state index is 0.0897. The maximum Gasteiger partial charge on any atom is 0.410 e. The predicted molar refractivity (Wildman–Crippen MR) is 296 cm³/mol. The highest BCUT2D eigenvalue weighted by atomic mass is 127. The normalized spacial score (nSPS) is 20.9. The van der Waals surface area contributed by atoms with E-state index in [1.54, 1.807) is 45.0 Å². The Morgan fingerprint density at radius 3 is 2.25 bits per heavy atom. The molecule has 1 aromatic carbocycles. The average Bonchev–Trinajstić information content (AvgIpc) is 3.94. The van der Waals surface area contributed by atoms with Crippen LogP contribution in [0.4, 0.5) is 16.3 Å². The lowest BCUT2D eigenvalue weighted by atomic mass is 9.83. The van der Waals surface area contributed by atoms with Crippen LogP contribution in [0.25, 0.3) is 11.0 Å². The maximum atomic E-state index is 13.4. The number of fused-ring (bicyclic) bond motifs is 1. The zero-order valence-electron chi connectivity index (χ0n) is 46.0. The number of anilines is 2. The number of alkyl halides is 1. The Labute approximate surface area is 460 Å². The van der Waals surface area contributed by atoms with Crippen molar-refractivity contribution in [1.29, 1.82) is 0 Å². The van der Waals surface area contributed by atoms with E-state index in [2.05, 4.69) is 106 Å². The van der Waals surface area contributed by atoms with Gasteiger partial charge in [-0.15, -0.1) is 0 Å². The number of hydrogen-bond acceptors (Lipinski definition) is 14. The average molecular weight is 1170 g/mol. The summed E-state index contributed by atoms with van der Waals surface area (Å²) in [6.07, 6.45) is 2.34. The van der Waals surface area contributed by atoms with Gasteiger partial charge in [0, 0.05) is 46.7 Å². The monoisotopic (exact) mass is 1170 g/mol. The topological polar surface area (TPSA) is 287 Å². The zero-order chi connectivity index (χ0) is 56.2. The summed E-state index contributed by atoms with van der Waals surface area (Å²) in [6.45, 7) is 18.8. The second-order valence-corrected chi connectivity index (χ2v) is 24.0. The first-order valence-electron chi connectivity index (χ1n) is 26.6. The molecule has 2 aliphatic heterocycles. The second-order valence-electron chi connectivity index (χ2n) is 21.9. The van der Waals surface area contributed by atoms with E-state index in [1.807, 2.05) is 6.07 Å². The van der Waals surface area contributed by atoms with Crippen LogP contribution < -0.4 is 26.6 Å². The number of ether oxygens (including phenoxy) is 2. The second kappa shape index (κ2) is 27.2. The number of halogens is 1. The number of benzene rings is 1. The zero-order valence-corrected chi connectivity index (χ0v) is 48.1. The van der Waals surface area contributed by atoms with Gasteiger partial charge in [-0.3, -0.25) is 33.7 Å². The number of aliphatic hydroxyl groups excluding tert-OH is 2. The Morgan fingerprint density at radius 2 is 1.62 bits per heavy atom. The standard InChI is InChI=1S/C54H81IN10O11/c1-12-21-54(55,22-13-2)37-26-41(68)65(51(37)73)24-20-39(66)61-42(31(5)6)49(72)58-32(7)48(71)59-35-18-16-34(17-19-35)28-75-52(74)64(11)27-40(67)62-43-33(8)76-50(45(70)44(43)69)63-47-36-25-38(60-46(36)56-29-57-47)53(9,10)23-14-15-30(3)4/h16-19,25,29-33,37,42-45,50,69-70H,12-15,20-24,26-28H2,1-11H3,(H,58,72)(H,59,71)(H,61,66)(H,62,67)(H2,56,57,60,63)/t32-,33-,37?,42-,43-,44+,45+,50-/m0/s1. The third-order valence-electron chi connectivity index (χ3n) is 14.3. The molecule has 22 heteroatoms. The summed E-state index contributed by atoms with van der Waals surface area (Å²) in [7, 11) is 1.37. The number of amides is 7. The predicted octanol–water partition coefficient (Wildman–Crippen LogP) is 5.82. The molecule has 21 nitrogen and oxygen atoms in total. The molecule has 2 fully saturated rings. The molecule has 0 aliphatic carbocycles. The molecule has 8 atom stereocenters. The van der Waals surface area contributed by atoms with Gasteiger partial charge < -0.3 is 56.2 Å². The van der Waals surface area contributed by atoms with Crippen molar-refractivity contribution in [3.8, 4) is 0 Å². The van der Waals surface area contributed by atoms with Crippen molar-refractivity contribution >= 4 is 86.7 Å². The quantitative estimate of drug-likeness (QED) is 0.0267. The van der Waals surface area contributed by atoms with Crippen LogP contribution in [-0.4, -0.2) is 143 Å². The highest BCUT2D eigenvalue weighted by Gasteiger charge is 2.49. The van der Waals surface area contributed by atoms with Gasteiger partial charge in [-0.1, -0.05) is 116 Å². The van der Waals surface area contributed by atoms with E-state index in [1.165, 1.54) is 25.2 Å². The first kappa shape index (κ1) is 61.4. The molecule has 0 bridgehead atoms. The molecule has 0 radical (unpaired) electrons. The molecular weight excluding hydrogens is 1090 g/mol. The first-order valence-corrected chi connectivity index (χ1v) is 27.7. The van der Waals surface area contributed by atoms with Crippen molar-refractivity contribution in [3.63, 3.8) is 0 Å². The maximum absolute atomic E-state index is 13.4. The molecule has 2 aliphatic rings. The number of carbonyl (C=O) groups is 7. The number of hydrogen-bond donors (Lipinski definition) is 8. The molecule has 0 spiro atoms. The fourth-order valence-corrected chi connectivity index (χ4v) is 11.3. The van der Waals surface area contributed by atoms with Gasteiger partial charge in [0.1, 0.15) is 55.2 Å². The van der Waals surface area contributed by atoms with Crippen LogP contribution in [0, 0.1) is 17.8 Å². The van der Waals surface area contributed by atoms with E-state index in [4.69, 9.17) is 9.47 Å². The smallest absolute Gasteiger partial charge is 0.410 e. The van der Waals surface area contributed by atoms with Crippen LogP contribution in [0.1, 0.15) is 138 Å². The molecule has 8 N–H and O–H groups in total. The minimum Gasteiger partial charge on any atom is -0.445 e. The lowest BCUT2D eigenvalue weighted by Crippen LogP contribution is -2.64. The largest absolute Gasteiger partial charge is 0.445 e. The number of H-pyrrole nitrogens is 1. The van der Waals surface area contributed by atoms with Gasteiger partial charge in [0.25, 0.3) is 0 Å². The number of aromatic nitrogens is 3. The van der Waals surface area contributed by atoms with Crippen molar-refractivity contribution in [2.75, 3.05) is 30.8 Å². The molecule has 4 heterocycles. The summed E-state index contributed by atoms with van der Waals surface area (Å²) in [5.41, 5.74) is 2.43. The summed E-state index contributed by atoms with van der Waals surface area (Å²) >= 11 is 2.33. The fourth-order valence-electron chi connectivity index (χ4n) is 9.72. The van der Waals surface area contributed by atoms with Gasteiger partial charge >= 0.3 is 6.09 Å². The van der Waals surface area contributed by atoms with Gasteiger partial charge in [-0.25, -0.2) is 14.8 Å². The molecule has 3 aromatic rings. The summed E-state index contributed by atoms with van der Waals surface area (Å²) in [5.74, 6) is -2.58. The van der Waals surface area contributed by atoms with Gasteiger partial charge in [0.15, 0.2) is 6.23 Å². The van der Waals surface area contributed by atoms with Gasteiger partial charge in [-0.2, -0.15) is 0 Å². The number of nitrogens with zero attached hydrogens (tertiary/aromatic N) is 4. The third-order valence-corrected chi connectivity index (χ3v) is 16.1. The SMILES string of the molecule is CCCC(I)(CCC)C1CC(=O)N(CCC(=O)N[C@H](C(=O)N[C@@H](C)C(=O)Nc2ccc(COC(=O)N(C)CC(=O)N[C@@H]3[C@@H](O)[C@@H](O)[C@@H](Nc4ncnc5[nH]c(C(C)(C)CCCC(C)C)cc45)O[C@H]3C)cc2)C(C)C)C1=O. The van der Waals surface area contributed by atoms with Crippen molar-refractivity contribution in [3.05, 3.63) is 47.9 Å². The molecule has 76 heavy (non-hydrogen) atoms. The molecule has 2 saturated heterocycles. The summed E-state index contributed by atoms with van der Waals surface area (Å²) in [5, 5.41) is 36.9. The molecule has 420 valence electrons. The summed E-state index contributed by atoms with van der Waals surface area (Å²) in [4.78, 5) is 106.